The molecule has 0 radical (unpaired) electrons. The number of phenols is 2. The zero-order chi connectivity index (χ0) is 27.1. The van der Waals surface area contributed by atoms with Crippen molar-refractivity contribution < 1.29 is 39.1 Å². The number of carbonyl (C=O) groups excluding carboxylic acids is 2. The molecule has 1 fully saturated rings. The number of phenolic OH excluding ortho intramolecular Hbond substituents is 2. The molecule has 10 heteroatoms. The molecule has 2 aromatic carbocycles. The van der Waals surface area contributed by atoms with Crippen LogP contribution < -0.4 is 14.2 Å². The predicted octanol–water partition coefficient (Wildman–Crippen LogP) is 2.52. The first-order chi connectivity index (χ1) is 17.6. The van der Waals surface area contributed by atoms with E-state index in [-0.39, 0.29) is 33.9 Å². The number of aliphatic hydroxyl groups is 1. The van der Waals surface area contributed by atoms with Gasteiger partial charge in [0.05, 0.1) is 45.6 Å². The van der Waals surface area contributed by atoms with Crippen LogP contribution >= 0.6 is 0 Å². The molecule has 3 aliphatic heterocycles. The third-order valence-corrected chi connectivity index (χ3v) is 8.06. The summed E-state index contributed by atoms with van der Waals surface area (Å²) in [6, 6.07) is -2.92. The Morgan fingerprint density at radius 2 is 1.46 bits per heavy atom. The minimum atomic E-state index is -1.26. The van der Waals surface area contributed by atoms with Gasteiger partial charge in [0.2, 0.25) is 0 Å². The number of ether oxygens (including phenoxy) is 3. The summed E-state index contributed by atoms with van der Waals surface area (Å²) in [6.07, 6.45) is 1.82. The van der Waals surface area contributed by atoms with E-state index in [0.29, 0.717) is 22.8 Å². The first-order valence-corrected chi connectivity index (χ1v) is 11.9. The van der Waals surface area contributed by atoms with Crippen LogP contribution in [0.1, 0.15) is 55.8 Å². The van der Waals surface area contributed by atoms with E-state index in [1.54, 1.807) is 11.9 Å². The molecule has 10 nitrogen and oxygen atoms in total. The van der Waals surface area contributed by atoms with Crippen molar-refractivity contribution in [1.82, 2.24) is 9.80 Å². The number of hydrogen-bond acceptors (Lipinski definition) is 9. The van der Waals surface area contributed by atoms with Crippen LogP contribution in [0.3, 0.4) is 0 Å². The summed E-state index contributed by atoms with van der Waals surface area (Å²) >= 11 is 0. The highest BCUT2D eigenvalue weighted by Crippen LogP contribution is 2.57. The molecule has 5 rings (SSSR count). The number of methoxy groups -OCH3 is 3. The second-order valence-corrected chi connectivity index (χ2v) is 9.60. The van der Waals surface area contributed by atoms with Crippen LogP contribution in [0.25, 0.3) is 6.08 Å². The Balaban J connectivity index is 1.90. The quantitative estimate of drug-likeness (QED) is 0.420. The smallest absolute Gasteiger partial charge is 0.252 e. The molecule has 0 saturated carbocycles. The molecular formula is C27H30N2O8. The number of Topliss-reactive ketones (excluding diaryl/α,β-unsaturated/α-hetero) is 1. The molecule has 1 amide bonds. The summed E-state index contributed by atoms with van der Waals surface area (Å²) < 4.78 is 16.7. The van der Waals surface area contributed by atoms with Crippen molar-refractivity contribution in [3.05, 3.63) is 44.6 Å². The molecule has 0 aliphatic carbocycles. The molecular weight excluding hydrogens is 480 g/mol. The van der Waals surface area contributed by atoms with Crippen LogP contribution in [0.15, 0.2) is 5.70 Å². The Labute approximate surface area is 214 Å². The van der Waals surface area contributed by atoms with Crippen LogP contribution in [0.4, 0.5) is 0 Å². The van der Waals surface area contributed by atoms with Crippen molar-refractivity contribution in [2.75, 3.05) is 35.0 Å². The van der Waals surface area contributed by atoms with E-state index in [2.05, 4.69) is 0 Å². The van der Waals surface area contributed by atoms with Crippen molar-refractivity contribution in [2.45, 2.75) is 38.9 Å². The minimum absolute atomic E-state index is 0.0494. The van der Waals surface area contributed by atoms with E-state index in [0.717, 1.165) is 16.7 Å². The van der Waals surface area contributed by atoms with Gasteiger partial charge >= 0.3 is 0 Å². The maximum atomic E-state index is 14.0. The summed E-state index contributed by atoms with van der Waals surface area (Å²) in [6.45, 7) is 4.91. The molecule has 0 unspecified atom stereocenters. The van der Waals surface area contributed by atoms with Gasteiger partial charge in [-0.2, -0.15) is 0 Å². The number of piperazine rings is 1. The lowest BCUT2D eigenvalue weighted by Gasteiger charge is -2.52. The number of fused-ring (bicyclic) bond motifs is 7. The Morgan fingerprint density at radius 3 is 2.03 bits per heavy atom. The number of amides is 1. The van der Waals surface area contributed by atoms with E-state index in [9.17, 15) is 24.9 Å². The van der Waals surface area contributed by atoms with E-state index in [4.69, 9.17) is 14.2 Å². The molecule has 2 bridgehead atoms. The highest BCUT2D eigenvalue weighted by Gasteiger charge is 2.56. The maximum Gasteiger partial charge on any atom is 0.252 e. The average molecular weight is 511 g/mol. The van der Waals surface area contributed by atoms with E-state index >= 15 is 0 Å². The first-order valence-electron chi connectivity index (χ1n) is 11.9. The Bertz CT molecular complexity index is 1410. The molecule has 3 aliphatic rings. The summed E-state index contributed by atoms with van der Waals surface area (Å²) in [5.74, 6) is -0.837. The Kier molecular flexibility index (Phi) is 5.65. The number of aromatic hydroxyl groups is 2. The van der Waals surface area contributed by atoms with Crippen molar-refractivity contribution in [2.24, 2.45) is 0 Å². The third-order valence-electron chi connectivity index (χ3n) is 8.06. The third kappa shape index (κ3) is 2.93. The van der Waals surface area contributed by atoms with Gasteiger partial charge in [0.1, 0.15) is 5.75 Å². The standard InChI is InChI=1S/C27H30N2O8/c1-10-11(2)25(36-6)26(37-7)16-13(10)8-14-19-17-18(21(31)12(3)24(35-5)23(17)33)22(32)20(28(19)4)27(34)29(14)15(16)9-30/h8,15,19-20,30-31,33H,9H2,1-7H3/t15-,19-,20+/m0/s1. The van der Waals surface area contributed by atoms with Gasteiger partial charge in [-0.25, -0.2) is 0 Å². The van der Waals surface area contributed by atoms with E-state index < -0.39 is 36.4 Å². The molecule has 1 saturated heterocycles. The number of aliphatic hydroxyl groups excluding tert-OH is 1. The van der Waals surface area contributed by atoms with Crippen molar-refractivity contribution in [3.63, 3.8) is 0 Å². The van der Waals surface area contributed by atoms with E-state index in [1.165, 1.54) is 33.2 Å². The van der Waals surface area contributed by atoms with Crippen molar-refractivity contribution in [1.29, 1.82) is 0 Å². The number of likely N-dealkylation sites (N-methyl/N-ethyl adjacent to an activating group) is 1. The van der Waals surface area contributed by atoms with Crippen LogP contribution in [-0.2, 0) is 4.79 Å². The summed E-state index contributed by atoms with van der Waals surface area (Å²) in [4.78, 5) is 30.6. The molecule has 3 heterocycles. The molecule has 3 atom stereocenters. The highest BCUT2D eigenvalue weighted by atomic mass is 16.5. The topological polar surface area (TPSA) is 129 Å². The normalized spacial score (nSPS) is 22.2. The number of hydrogen-bond donors (Lipinski definition) is 3. The van der Waals surface area contributed by atoms with Crippen LogP contribution in [-0.4, -0.2) is 77.8 Å². The lowest BCUT2D eigenvalue weighted by Crippen LogP contribution is -2.62. The summed E-state index contributed by atoms with van der Waals surface area (Å²) in [5, 5.41) is 32.9. The largest absolute Gasteiger partial charge is 0.507 e. The fraction of sp³-hybridized carbons (Fsp3) is 0.407. The van der Waals surface area contributed by atoms with Crippen molar-refractivity contribution in [3.8, 4) is 28.7 Å². The monoisotopic (exact) mass is 510 g/mol. The zero-order valence-electron chi connectivity index (χ0n) is 21.8. The van der Waals surface area contributed by atoms with Gasteiger partial charge in [0.25, 0.3) is 5.91 Å². The van der Waals surface area contributed by atoms with Gasteiger partial charge in [-0.05, 0) is 50.6 Å². The predicted molar refractivity (Wildman–Crippen MR) is 133 cm³/mol. The van der Waals surface area contributed by atoms with Gasteiger partial charge in [0, 0.05) is 22.4 Å². The van der Waals surface area contributed by atoms with Gasteiger partial charge < -0.3 is 34.4 Å². The zero-order valence-corrected chi connectivity index (χ0v) is 21.8. The minimum Gasteiger partial charge on any atom is -0.507 e. The lowest BCUT2D eigenvalue weighted by molar-refractivity contribution is -0.141. The molecule has 196 valence electrons. The molecule has 37 heavy (non-hydrogen) atoms. The van der Waals surface area contributed by atoms with Gasteiger partial charge in [0.15, 0.2) is 34.8 Å². The van der Waals surface area contributed by atoms with Crippen LogP contribution in [0, 0.1) is 20.8 Å². The Hall–Kier alpha value is -3.76. The van der Waals surface area contributed by atoms with Gasteiger partial charge in [-0.1, -0.05) is 0 Å². The highest BCUT2D eigenvalue weighted by molar-refractivity contribution is 6.18. The molecule has 0 spiro atoms. The average Bonchev–Trinajstić information content (AvgIpc) is 2.87. The second kappa shape index (κ2) is 8.39. The number of nitrogens with zero attached hydrogens (tertiary/aromatic N) is 2. The number of rotatable bonds is 4. The fourth-order valence-electron chi connectivity index (χ4n) is 6.20. The van der Waals surface area contributed by atoms with Gasteiger partial charge in [-0.15, -0.1) is 0 Å². The van der Waals surface area contributed by atoms with E-state index in [1.807, 2.05) is 19.9 Å². The molecule has 3 N–H and O–H groups in total. The van der Waals surface area contributed by atoms with Crippen LogP contribution in [0.5, 0.6) is 28.7 Å². The number of carbonyl (C=O) groups is 2. The molecule has 0 aromatic heterocycles. The number of benzene rings is 2. The fourth-order valence-corrected chi connectivity index (χ4v) is 6.20. The number of ketones is 1. The first kappa shape index (κ1) is 24.9. The molecule has 2 aromatic rings. The SMILES string of the molecule is COc1c(C)c(O)c2c(c1O)[C@@H]1C3=Cc4c(C)c(C)c(OC)c(OC)c4[C@H](CO)N3C(=O)[C@@H](C2=O)N1C. The van der Waals surface area contributed by atoms with Crippen molar-refractivity contribution >= 4 is 17.8 Å². The maximum absolute atomic E-state index is 14.0. The summed E-state index contributed by atoms with van der Waals surface area (Å²) in [5.41, 5.74) is 3.76. The summed E-state index contributed by atoms with van der Waals surface area (Å²) in [7, 11) is 6.02. The second-order valence-electron chi connectivity index (χ2n) is 9.60. The van der Waals surface area contributed by atoms with Crippen LogP contribution in [0.2, 0.25) is 0 Å². The van der Waals surface area contributed by atoms with Gasteiger partial charge in [-0.3, -0.25) is 14.5 Å². The Morgan fingerprint density at radius 1 is 0.838 bits per heavy atom. The lowest BCUT2D eigenvalue weighted by atomic mass is 9.76.